The van der Waals surface area contributed by atoms with Crippen molar-refractivity contribution in [3.8, 4) is 0 Å². The van der Waals surface area contributed by atoms with Gasteiger partial charge in [0, 0.05) is 25.0 Å². The van der Waals surface area contributed by atoms with Gasteiger partial charge < -0.3 is 10.6 Å². The maximum atomic E-state index is 13.1. The minimum absolute atomic E-state index is 0.0850. The van der Waals surface area contributed by atoms with E-state index in [4.69, 9.17) is 5.73 Å². The monoisotopic (exact) mass is 340 g/mol. The molecule has 6 heteroatoms. The van der Waals surface area contributed by atoms with Crippen LogP contribution in [0.1, 0.15) is 46.9 Å². The van der Waals surface area contributed by atoms with Crippen LogP contribution in [0.25, 0.3) is 0 Å². The molecule has 3 rings (SSSR count). The van der Waals surface area contributed by atoms with Gasteiger partial charge in [-0.25, -0.2) is 5.10 Å². The topological polar surface area (TPSA) is 92.1 Å². The lowest BCUT2D eigenvalue weighted by Crippen LogP contribution is -2.36. The van der Waals surface area contributed by atoms with Crippen LogP contribution >= 0.6 is 0 Å². The number of likely N-dealkylation sites (tertiary alicyclic amines) is 1. The largest absolute Gasteiger partial charge is 0.336 e. The highest BCUT2D eigenvalue weighted by atomic mass is 16.2. The molecule has 2 heterocycles. The number of aromatic amines is 1. The van der Waals surface area contributed by atoms with Gasteiger partial charge in [-0.1, -0.05) is 44.2 Å². The molecule has 3 N–H and O–H groups in total. The fourth-order valence-corrected chi connectivity index (χ4v) is 3.63. The third-order valence-electron chi connectivity index (χ3n) is 4.95. The molecule has 0 saturated carbocycles. The third kappa shape index (κ3) is 3.22. The number of carbonyl (C=O) groups is 1. The van der Waals surface area contributed by atoms with Crippen molar-refractivity contribution in [2.45, 2.75) is 38.6 Å². The standard InChI is InChI=1S/C19H24N4O2/c1-3-13-16(4-2)21-22-18(24)17(13)19(25)23-10-14(15(20)11-23)12-8-6-5-7-9-12/h5-9,14-15H,3-4,10-11,20H2,1-2H3,(H,22,24)/t14-,15+/m0/s1. The summed E-state index contributed by atoms with van der Waals surface area (Å²) in [5, 5.41) is 6.55. The van der Waals surface area contributed by atoms with Crippen LogP contribution in [0.15, 0.2) is 35.1 Å². The van der Waals surface area contributed by atoms with Gasteiger partial charge in [0.15, 0.2) is 0 Å². The first-order chi connectivity index (χ1) is 12.1. The van der Waals surface area contributed by atoms with Crippen molar-refractivity contribution in [2.24, 2.45) is 5.73 Å². The van der Waals surface area contributed by atoms with Crippen molar-refractivity contribution in [2.75, 3.05) is 13.1 Å². The summed E-state index contributed by atoms with van der Waals surface area (Å²) in [6.07, 6.45) is 1.27. The van der Waals surface area contributed by atoms with E-state index in [1.165, 1.54) is 0 Å². The maximum Gasteiger partial charge on any atom is 0.277 e. The summed E-state index contributed by atoms with van der Waals surface area (Å²) >= 11 is 0. The van der Waals surface area contributed by atoms with Gasteiger partial charge >= 0.3 is 0 Å². The maximum absolute atomic E-state index is 13.1. The molecule has 0 bridgehead atoms. The Morgan fingerprint density at radius 1 is 1.24 bits per heavy atom. The fraction of sp³-hybridized carbons (Fsp3) is 0.421. The zero-order chi connectivity index (χ0) is 18.0. The van der Waals surface area contributed by atoms with Gasteiger partial charge in [-0.2, -0.15) is 5.10 Å². The first-order valence-electron chi connectivity index (χ1n) is 8.77. The molecule has 1 fully saturated rings. The number of aromatic nitrogens is 2. The Kier molecular flexibility index (Phi) is 4.99. The van der Waals surface area contributed by atoms with Gasteiger partial charge in [0.2, 0.25) is 0 Å². The van der Waals surface area contributed by atoms with E-state index in [0.29, 0.717) is 25.9 Å². The summed E-state index contributed by atoms with van der Waals surface area (Å²) in [7, 11) is 0. The van der Waals surface area contributed by atoms with E-state index < -0.39 is 5.56 Å². The van der Waals surface area contributed by atoms with Crippen LogP contribution in [0.3, 0.4) is 0 Å². The summed E-state index contributed by atoms with van der Waals surface area (Å²) < 4.78 is 0. The lowest BCUT2D eigenvalue weighted by atomic mass is 9.95. The van der Waals surface area contributed by atoms with Gasteiger partial charge in [-0.3, -0.25) is 9.59 Å². The van der Waals surface area contributed by atoms with E-state index in [2.05, 4.69) is 10.2 Å². The summed E-state index contributed by atoms with van der Waals surface area (Å²) in [6.45, 7) is 4.88. The van der Waals surface area contributed by atoms with Crippen molar-refractivity contribution in [1.29, 1.82) is 0 Å². The van der Waals surface area contributed by atoms with Crippen LogP contribution in [-0.4, -0.2) is 40.1 Å². The summed E-state index contributed by atoms with van der Waals surface area (Å²) in [4.78, 5) is 27.1. The number of nitrogens with one attached hydrogen (secondary N) is 1. The van der Waals surface area contributed by atoms with Crippen LogP contribution < -0.4 is 11.3 Å². The molecule has 6 nitrogen and oxygen atoms in total. The fourth-order valence-electron chi connectivity index (χ4n) is 3.63. The Morgan fingerprint density at radius 2 is 1.96 bits per heavy atom. The number of carbonyl (C=O) groups excluding carboxylic acids is 1. The highest BCUT2D eigenvalue weighted by molar-refractivity contribution is 5.95. The van der Waals surface area contributed by atoms with Crippen molar-refractivity contribution in [3.63, 3.8) is 0 Å². The molecule has 1 aliphatic heterocycles. The van der Waals surface area contributed by atoms with Crippen LogP contribution in [-0.2, 0) is 12.8 Å². The quantitative estimate of drug-likeness (QED) is 0.881. The third-order valence-corrected chi connectivity index (χ3v) is 4.95. The normalized spacial score (nSPS) is 20.0. The number of hydrogen-bond acceptors (Lipinski definition) is 4. The lowest BCUT2D eigenvalue weighted by molar-refractivity contribution is 0.0785. The second-order valence-electron chi connectivity index (χ2n) is 6.45. The Morgan fingerprint density at radius 3 is 2.60 bits per heavy atom. The Balaban J connectivity index is 1.91. The highest BCUT2D eigenvalue weighted by Crippen LogP contribution is 2.27. The first kappa shape index (κ1) is 17.4. The van der Waals surface area contributed by atoms with E-state index in [1.807, 2.05) is 44.2 Å². The molecule has 1 aliphatic rings. The Bertz CT molecular complexity index is 816. The van der Waals surface area contributed by atoms with E-state index in [9.17, 15) is 9.59 Å². The zero-order valence-corrected chi connectivity index (χ0v) is 14.7. The molecular formula is C19H24N4O2. The molecule has 1 aromatic heterocycles. The van der Waals surface area contributed by atoms with Crippen molar-refractivity contribution in [3.05, 3.63) is 63.1 Å². The molecule has 1 saturated heterocycles. The van der Waals surface area contributed by atoms with Gasteiger partial charge in [-0.05, 0) is 24.0 Å². The van der Waals surface area contributed by atoms with Crippen molar-refractivity contribution >= 4 is 5.91 Å². The number of amides is 1. The van der Waals surface area contributed by atoms with Crippen LogP contribution in [0.4, 0.5) is 0 Å². The number of hydrogen-bond donors (Lipinski definition) is 2. The lowest BCUT2D eigenvalue weighted by Gasteiger charge is -2.18. The van der Waals surface area contributed by atoms with Crippen molar-refractivity contribution < 1.29 is 4.79 Å². The summed E-state index contributed by atoms with van der Waals surface area (Å²) in [5.74, 6) is -0.161. The van der Waals surface area contributed by atoms with Gasteiger partial charge in [0.25, 0.3) is 11.5 Å². The Labute approximate surface area is 147 Å². The van der Waals surface area contributed by atoms with E-state index in [1.54, 1.807) is 4.90 Å². The van der Waals surface area contributed by atoms with Gasteiger partial charge in [0.1, 0.15) is 5.56 Å². The van der Waals surface area contributed by atoms with Crippen LogP contribution in [0.2, 0.25) is 0 Å². The molecule has 1 aromatic carbocycles. The molecule has 0 spiro atoms. The summed E-state index contributed by atoms with van der Waals surface area (Å²) in [6, 6.07) is 9.84. The average Bonchev–Trinajstić information content (AvgIpc) is 3.03. The SMILES string of the molecule is CCc1n[nH]c(=O)c(C(=O)N2C[C@@H](N)[C@H](c3ccccc3)C2)c1CC. The smallest absolute Gasteiger partial charge is 0.277 e. The molecule has 2 aromatic rings. The van der Waals surface area contributed by atoms with Crippen LogP contribution in [0, 0.1) is 0 Å². The minimum Gasteiger partial charge on any atom is -0.336 e. The number of rotatable bonds is 4. The zero-order valence-electron chi connectivity index (χ0n) is 14.7. The second-order valence-corrected chi connectivity index (χ2v) is 6.45. The van der Waals surface area contributed by atoms with Gasteiger partial charge in [0.05, 0.1) is 5.69 Å². The molecule has 0 aliphatic carbocycles. The van der Waals surface area contributed by atoms with E-state index in [-0.39, 0.29) is 23.4 Å². The molecule has 132 valence electrons. The van der Waals surface area contributed by atoms with Crippen LogP contribution in [0.5, 0.6) is 0 Å². The number of aryl methyl sites for hydroxylation is 1. The summed E-state index contributed by atoms with van der Waals surface area (Å²) in [5.41, 5.74) is 8.73. The number of H-pyrrole nitrogens is 1. The minimum atomic E-state index is -0.421. The first-order valence-corrected chi connectivity index (χ1v) is 8.77. The molecule has 25 heavy (non-hydrogen) atoms. The number of benzene rings is 1. The van der Waals surface area contributed by atoms with E-state index in [0.717, 1.165) is 16.8 Å². The number of nitrogens with two attached hydrogens (primary N) is 1. The highest BCUT2D eigenvalue weighted by Gasteiger charge is 2.36. The predicted molar refractivity (Wildman–Crippen MR) is 96.7 cm³/mol. The van der Waals surface area contributed by atoms with Crippen molar-refractivity contribution in [1.82, 2.24) is 15.1 Å². The Hall–Kier alpha value is -2.47. The second kappa shape index (κ2) is 7.19. The molecular weight excluding hydrogens is 316 g/mol. The van der Waals surface area contributed by atoms with E-state index >= 15 is 0 Å². The number of nitrogens with zero attached hydrogens (tertiary/aromatic N) is 2. The van der Waals surface area contributed by atoms with Gasteiger partial charge in [-0.15, -0.1) is 0 Å². The molecule has 1 amide bonds. The molecule has 2 atom stereocenters. The molecule has 0 unspecified atom stereocenters. The predicted octanol–water partition coefficient (Wildman–Crippen LogP) is 1.46. The molecule has 0 radical (unpaired) electrons. The average molecular weight is 340 g/mol.